The Morgan fingerprint density at radius 3 is 2.95 bits per heavy atom. The van der Waals surface area contributed by atoms with Gasteiger partial charge in [-0.25, -0.2) is 0 Å². The fraction of sp³-hybridized carbons (Fsp3) is 0.600. The van der Waals surface area contributed by atoms with Crippen LogP contribution in [0.5, 0.6) is 5.75 Å². The minimum Gasteiger partial charge on any atom is -0.486 e. The second-order valence-corrected chi connectivity index (χ2v) is 5.64. The second-order valence-electron chi connectivity index (χ2n) is 5.64. The highest BCUT2D eigenvalue weighted by Crippen LogP contribution is 2.29. The van der Waals surface area contributed by atoms with Crippen LogP contribution in [0.25, 0.3) is 0 Å². The standard InChI is InChI=1S/C15H22N2O4/c1-11(2)16-8-12-3-4-14(17(18)19)15(7-12)21-10-13-5-6-20-9-13/h3-4,7,11,13,16H,5-6,8-10H2,1-2H3. The van der Waals surface area contributed by atoms with Crippen molar-refractivity contribution in [2.45, 2.75) is 32.9 Å². The van der Waals surface area contributed by atoms with Crippen molar-refractivity contribution in [1.29, 1.82) is 0 Å². The maximum atomic E-state index is 11.1. The number of nitro groups is 1. The van der Waals surface area contributed by atoms with Crippen molar-refractivity contribution in [3.05, 3.63) is 33.9 Å². The van der Waals surface area contributed by atoms with E-state index < -0.39 is 4.92 Å². The molecule has 1 aromatic carbocycles. The zero-order valence-corrected chi connectivity index (χ0v) is 12.5. The van der Waals surface area contributed by atoms with Crippen LogP contribution in [0.2, 0.25) is 0 Å². The van der Waals surface area contributed by atoms with Crippen LogP contribution in [0, 0.1) is 16.0 Å². The van der Waals surface area contributed by atoms with Crippen LogP contribution < -0.4 is 10.1 Å². The van der Waals surface area contributed by atoms with Crippen LogP contribution in [0.3, 0.4) is 0 Å². The Kier molecular flexibility index (Phi) is 5.52. The van der Waals surface area contributed by atoms with Crippen LogP contribution in [-0.4, -0.2) is 30.8 Å². The van der Waals surface area contributed by atoms with Gasteiger partial charge in [0.25, 0.3) is 0 Å². The van der Waals surface area contributed by atoms with Crippen molar-refractivity contribution in [2.75, 3.05) is 19.8 Å². The Hall–Kier alpha value is -1.66. The Bertz CT molecular complexity index is 485. The van der Waals surface area contributed by atoms with Gasteiger partial charge in [-0.2, -0.15) is 0 Å². The molecule has 1 unspecified atom stereocenters. The van der Waals surface area contributed by atoms with Gasteiger partial charge in [-0.3, -0.25) is 10.1 Å². The number of rotatable bonds is 7. The molecule has 1 aromatic rings. The SMILES string of the molecule is CC(C)NCc1ccc([N+](=O)[O-])c(OCC2CCOC2)c1. The number of nitrogens with one attached hydrogen (secondary N) is 1. The van der Waals surface area contributed by atoms with Crippen molar-refractivity contribution in [1.82, 2.24) is 5.32 Å². The molecule has 6 heteroatoms. The van der Waals surface area contributed by atoms with Crippen LogP contribution in [0.4, 0.5) is 5.69 Å². The van der Waals surface area contributed by atoms with E-state index in [9.17, 15) is 10.1 Å². The molecule has 0 spiro atoms. The molecule has 21 heavy (non-hydrogen) atoms. The van der Waals surface area contributed by atoms with Crippen molar-refractivity contribution in [3.63, 3.8) is 0 Å². The first-order valence-electron chi connectivity index (χ1n) is 7.27. The molecular weight excluding hydrogens is 272 g/mol. The van der Waals surface area contributed by atoms with E-state index in [0.29, 0.717) is 37.5 Å². The third-order valence-corrected chi connectivity index (χ3v) is 3.43. The summed E-state index contributed by atoms with van der Waals surface area (Å²) in [6.07, 6.45) is 0.947. The molecule has 1 atom stereocenters. The number of nitro benzene ring substituents is 1. The Balaban J connectivity index is 2.06. The molecule has 1 aliphatic heterocycles. The average Bonchev–Trinajstić information content (AvgIpc) is 2.96. The van der Waals surface area contributed by atoms with Crippen molar-refractivity contribution in [2.24, 2.45) is 5.92 Å². The van der Waals surface area contributed by atoms with E-state index in [-0.39, 0.29) is 5.69 Å². The quantitative estimate of drug-likeness (QED) is 0.618. The molecule has 0 radical (unpaired) electrons. The largest absolute Gasteiger partial charge is 0.486 e. The molecule has 116 valence electrons. The maximum absolute atomic E-state index is 11.1. The summed E-state index contributed by atoms with van der Waals surface area (Å²) in [6.45, 7) is 6.66. The van der Waals surface area contributed by atoms with Gasteiger partial charge in [0.15, 0.2) is 5.75 Å². The van der Waals surface area contributed by atoms with Crippen LogP contribution in [-0.2, 0) is 11.3 Å². The number of hydrogen-bond donors (Lipinski definition) is 1. The lowest BCUT2D eigenvalue weighted by atomic mass is 10.1. The smallest absolute Gasteiger partial charge is 0.310 e. The lowest BCUT2D eigenvalue weighted by molar-refractivity contribution is -0.385. The lowest BCUT2D eigenvalue weighted by Gasteiger charge is -2.13. The normalized spacial score (nSPS) is 18.1. The Labute approximate surface area is 124 Å². The molecule has 0 bridgehead atoms. The molecule has 2 rings (SSSR count). The zero-order chi connectivity index (χ0) is 15.2. The van der Waals surface area contributed by atoms with E-state index in [1.807, 2.05) is 0 Å². The maximum Gasteiger partial charge on any atom is 0.310 e. The highest BCUT2D eigenvalue weighted by atomic mass is 16.6. The number of nitrogens with zero attached hydrogens (tertiary/aromatic N) is 1. The van der Waals surface area contributed by atoms with Crippen LogP contribution in [0.15, 0.2) is 18.2 Å². The third kappa shape index (κ3) is 4.68. The first-order chi connectivity index (χ1) is 10.1. The summed E-state index contributed by atoms with van der Waals surface area (Å²) in [6, 6.07) is 5.39. The summed E-state index contributed by atoms with van der Waals surface area (Å²) >= 11 is 0. The summed E-state index contributed by atoms with van der Waals surface area (Å²) in [5.41, 5.74) is 0.995. The molecule has 1 saturated heterocycles. The van der Waals surface area contributed by atoms with Gasteiger partial charge in [0.1, 0.15) is 0 Å². The van der Waals surface area contributed by atoms with E-state index in [4.69, 9.17) is 9.47 Å². The molecule has 0 aromatic heterocycles. The van der Waals surface area contributed by atoms with E-state index in [1.165, 1.54) is 6.07 Å². The summed E-state index contributed by atoms with van der Waals surface area (Å²) < 4.78 is 11.0. The van der Waals surface area contributed by atoms with Crippen molar-refractivity contribution >= 4 is 5.69 Å². The molecule has 1 heterocycles. The number of ether oxygens (including phenoxy) is 2. The molecule has 0 saturated carbocycles. The highest BCUT2D eigenvalue weighted by Gasteiger charge is 2.20. The van der Waals surface area contributed by atoms with Crippen LogP contribution in [0.1, 0.15) is 25.8 Å². The highest BCUT2D eigenvalue weighted by molar-refractivity contribution is 5.48. The second kappa shape index (κ2) is 7.38. The average molecular weight is 294 g/mol. The summed E-state index contributed by atoms with van der Waals surface area (Å²) in [5, 5.41) is 14.4. The third-order valence-electron chi connectivity index (χ3n) is 3.43. The fourth-order valence-corrected chi connectivity index (χ4v) is 2.18. The predicted octanol–water partition coefficient (Wildman–Crippen LogP) is 2.51. The topological polar surface area (TPSA) is 73.6 Å². The summed E-state index contributed by atoms with van der Waals surface area (Å²) in [4.78, 5) is 10.7. The molecule has 1 fully saturated rings. The lowest BCUT2D eigenvalue weighted by Crippen LogP contribution is -2.21. The number of benzene rings is 1. The molecule has 1 aliphatic rings. The van der Waals surface area contributed by atoms with E-state index in [0.717, 1.165) is 18.6 Å². The first kappa shape index (κ1) is 15.7. The molecule has 0 amide bonds. The van der Waals surface area contributed by atoms with Crippen molar-refractivity contribution < 1.29 is 14.4 Å². The van der Waals surface area contributed by atoms with Crippen molar-refractivity contribution in [3.8, 4) is 5.75 Å². The van der Waals surface area contributed by atoms with Gasteiger partial charge >= 0.3 is 5.69 Å². The van der Waals surface area contributed by atoms with E-state index >= 15 is 0 Å². The van der Waals surface area contributed by atoms with Gasteiger partial charge in [-0.1, -0.05) is 19.9 Å². The van der Waals surface area contributed by atoms with Crippen LogP contribution >= 0.6 is 0 Å². The van der Waals surface area contributed by atoms with Gasteiger partial charge in [-0.05, 0) is 18.1 Å². The zero-order valence-electron chi connectivity index (χ0n) is 12.5. The summed E-state index contributed by atoms with van der Waals surface area (Å²) in [5.74, 6) is 0.664. The first-order valence-corrected chi connectivity index (χ1v) is 7.27. The summed E-state index contributed by atoms with van der Waals surface area (Å²) in [7, 11) is 0. The van der Waals surface area contributed by atoms with Gasteiger partial charge in [0, 0.05) is 31.2 Å². The Morgan fingerprint density at radius 2 is 2.33 bits per heavy atom. The minimum atomic E-state index is -0.403. The molecule has 1 N–H and O–H groups in total. The molecule has 0 aliphatic carbocycles. The van der Waals surface area contributed by atoms with Gasteiger partial charge in [0.2, 0.25) is 0 Å². The molecular formula is C15H22N2O4. The van der Waals surface area contributed by atoms with Gasteiger partial charge < -0.3 is 14.8 Å². The monoisotopic (exact) mass is 294 g/mol. The minimum absolute atomic E-state index is 0.0159. The van der Waals surface area contributed by atoms with Gasteiger partial charge in [-0.15, -0.1) is 0 Å². The number of hydrogen-bond acceptors (Lipinski definition) is 5. The Morgan fingerprint density at radius 1 is 1.52 bits per heavy atom. The predicted molar refractivity (Wildman–Crippen MR) is 79.5 cm³/mol. The fourth-order valence-electron chi connectivity index (χ4n) is 2.18. The van der Waals surface area contributed by atoms with E-state index in [1.54, 1.807) is 12.1 Å². The van der Waals surface area contributed by atoms with Gasteiger partial charge in [0.05, 0.1) is 18.1 Å². The molecule has 6 nitrogen and oxygen atoms in total. The van der Waals surface area contributed by atoms with E-state index in [2.05, 4.69) is 19.2 Å².